The van der Waals surface area contributed by atoms with Crippen LogP contribution in [0.1, 0.15) is 335 Å². The van der Waals surface area contributed by atoms with Crippen molar-refractivity contribution in [3.05, 3.63) is 85.1 Å². The topological polar surface area (TPSA) is 78.9 Å². The summed E-state index contributed by atoms with van der Waals surface area (Å²) in [5.74, 6) is -0.881. The van der Waals surface area contributed by atoms with Crippen LogP contribution in [-0.4, -0.2) is 37.2 Å². The summed E-state index contributed by atoms with van der Waals surface area (Å²) in [5, 5.41) is 0. The Morgan fingerprint density at radius 3 is 0.795 bits per heavy atom. The van der Waals surface area contributed by atoms with Crippen molar-refractivity contribution in [3.8, 4) is 0 Å². The van der Waals surface area contributed by atoms with Crippen LogP contribution in [0.25, 0.3) is 0 Å². The highest BCUT2D eigenvalue weighted by molar-refractivity contribution is 5.71. The van der Waals surface area contributed by atoms with Crippen molar-refractivity contribution >= 4 is 17.9 Å². The van der Waals surface area contributed by atoms with Crippen LogP contribution >= 0.6 is 0 Å². The maximum absolute atomic E-state index is 12.9. The highest BCUT2D eigenvalue weighted by atomic mass is 16.6. The predicted octanol–water partition coefficient (Wildman–Crippen LogP) is 23.1. The molecule has 0 aliphatic rings. The van der Waals surface area contributed by atoms with E-state index in [1.807, 2.05) is 0 Å². The second kappa shape index (κ2) is 66.1. The summed E-state index contributed by atoms with van der Waals surface area (Å²) >= 11 is 0. The molecule has 1 unspecified atom stereocenters. The Balaban J connectivity index is 4.38. The zero-order valence-electron chi connectivity index (χ0n) is 51.7. The van der Waals surface area contributed by atoms with Crippen LogP contribution in [0.5, 0.6) is 0 Å². The van der Waals surface area contributed by atoms with E-state index in [4.69, 9.17) is 14.2 Å². The first-order valence-electron chi connectivity index (χ1n) is 33.6. The van der Waals surface area contributed by atoms with E-state index in [1.165, 1.54) is 186 Å². The minimum atomic E-state index is -0.785. The van der Waals surface area contributed by atoms with E-state index >= 15 is 0 Å². The van der Waals surface area contributed by atoms with Gasteiger partial charge in [0.15, 0.2) is 6.10 Å². The number of ether oxygens (including phenoxy) is 3. The van der Waals surface area contributed by atoms with E-state index in [0.717, 1.165) is 109 Å². The second-order valence-electron chi connectivity index (χ2n) is 22.4. The largest absolute Gasteiger partial charge is 0.462 e. The summed E-state index contributed by atoms with van der Waals surface area (Å²) in [6, 6.07) is 0. The molecule has 78 heavy (non-hydrogen) atoms. The van der Waals surface area contributed by atoms with Gasteiger partial charge in [0.25, 0.3) is 0 Å². The third kappa shape index (κ3) is 63.4. The van der Waals surface area contributed by atoms with Gasteiger partial charge in [-0.1, -0.05) is 305 Å². The van der Waals surface area contributed by atoms with Crippen LogP contribution < -0.4 is 0 Å². The van der Waals surface area contributed by atoms with Crippen LogP contribution in [0.2, 0.25) is 0 Å². The number of allylic oxidation sites excluding steroid dienone is 14. The highest BCUT2D eigenvalue weighted by Crippen LogP contribution is 2.17. The summed E-state index contributed by atoms with van der Waals surface area (Å²) < 4.78 is 17.0. The van der Waals surface area contributed by atoms with Gasteiger partial charge in [-0.15, -0.1) is 0 Å². The average molecular weight is 1090 g/mol. The molecule has 1 atom stereocenters. The molecule has 0 aromatic rings. The van der Waals surface area contributed by atoms with E-state index in [2.05, 4.69) is 106 Å². The van der Waals surface area contributed by atoms with Gasteiger partial charge < -0.3 is 14.2 Å². The number of carbonyl (C=O) groups excluding carboxylic acids is 3. The van der Waals surface area contributed by atoms with Crippen molar-refractivity contribution < 1.29 is 28.6 Å². The normalized spacial score (nSPS) is 12.6. The molecule has 0 amide bonds. The Kier molecular flexibility index (Phi) is 63.2. The fourth-order valence-corrected chi connectivity index (χ4v) is 9.62. The molecule has 0 radical (unpaired) electrons. The van der Waals surface area contributed by atoms with E-state index in [1.54, 1.807) is 0 Å². The number of unbranched alkanes of at least 4 members (excludes halogenated alkanes) is 36. The first-order valence-corrected chi connectivity index (χ1v) is 33.6. The van der Waals surface area contributed by atoms with E-state index < -0.39 is 6.10 Å². The number of hydrogen-bond donors (Lipinski definition) is 0. The molecule has 0 aliphatic carbocycles. The maximum atomic E-state index is 12.9. The van der Waals surface area contributed by atoms with Gasteiger partial charge in [-0.3, -0.25) is 14.4 Å². The van der Waals surface area contributed by atoms with E-state index in [0.29, 0.717) is 19.3 Å². The first kappa shape index (κ1) is 74.6. The fourth-order valence-electron chi connectivity index (χ4n) is 9.62. The molecule has 0 aromatic carbocycles. The lowest BCUT2D eigenvalue weighted by Crippen LogP contribution is -2.30. The molecule has 0 saturated carbocycles. The SMILES string of the molecule is CC/C=C\C/C=C\C/C=C\C/C=C\C/C=C\C/C=C\CCCCCCCCC(=O)OCC(COC(=O)CCCCCCCCC/C=C\CCCCCCCC)OC(=O)CCCCCCCCCCCCCCCCCCCC. The molecule has 0 aliphatic heterocycles. The Morgan fingerprint density at radius 2 is 0.500 bits per heavy atom. The van der Waals surface area contributed by atoms with Gasteiger partial charge in [-0.2, -0.15) is 0 Å². The van der Waals surface area contributed by atoms with Gasteiger partial charge in [-0.25, -0.2) is 0 Å². The molecule has 0 fully saturated rings. The molecule has 0 heterocycles. The van der Waals surface area contributed by atoms with Gasteiger partial charge >= 0.3 is 17.9 Å². The van der Waals surface area contributed by atoms with Crippen LogP contribution in [0.15, 0.2) is 85.1 Å². The van der Waals surface area contributed by atoms with E-state index in [-0.39, 0.29) is 31.1 Å². The lowest BCUT2D eigenvalue weighted by Gasteiger charge is -2.18. The molecular formula is C72H126O6. The van der Waals surface area contributed by atoms with Crippen LogP contribution in [0.4, 0.5) is 0 Å². The molecule has 0 aromatic heterocycles. The number of rotatable bonds is 61. The first-order chi connectivity index (χ1) is 38.5. The van der Waals surface area contributed by atoms with Gasteiger partial charge in [-0.05, 0) is 96.3 Å². The van der Waals surface area contributed by atoms with Crippen molar-refractivity contribution in [2.45, 2.75) is 341 Å². The lowest BCUT2D eigenvalue weighted by molar-refractivity contribution is -0.167. The molecule has 0 rings (SSSR count). The smallest absolute Gasteiger partial charge is 0.306 e. The van der Waals surface area contributed by atoms with Crippen molar-refractivity contribution in [2.24, 2.45) is 0 Å². The predicted molar refractivity (Wildman–Crippen MR) is 339 cm³/mol. The minimum absolute atomic E-state index is 0.0804. The summed E-state index contributed by atoms with van der Waals surface area (Å²) in [4.78, 5) is 38.4. The minimum Gasteiger partial charge on any atom is -0.462 e. The van der Waals surface area contributed by atoms with E-state index in [9.17, 15) is 14.4 Å². The number of carbonyl (C=O) groups is 3. The third-order valence-corrected chi connectivity index (χ3v) is 14.6. The lowest BCUT2D eigenvalue weighted by atomic mass is 10.0. The average Bonchev–Trinajstić information content (AvgIpc) is 3.44. The highest BCUT2D eigenvalue weighted by Gasteiger charge is 2.19. The molecule has 0 saturated heterocycles. The standard InChI is InChI=1S/C72H126O6/c1-4-7-10-13-16-19-22-25-28-31-33-34-35-36-37-38-39-42-44-47-50-53-56-59-62-65-71(74)77-68-69(67-76-70(73)64-61-58-55-52-49-46-43-40-30-27-24-21-18-15-12-9-6-3)78-72(75)66-63-60-57-54-51-48-45-41-32-29-26-23-20-17-14-11-8-5-2/h7,10,16,19,25,27-28,30,33-34,36-37,39,42,69H,4-6,8-9,11-15,17-18,20-24,26,29,31-32,35,38,40-41,43-68H2,1-3H3/b10-7-,19-16-,28-25-,30-27-,34-33-,37-36-,42-39-. The van der Waals surface area contributed by atoms with Crippen LogP contribution in [0, 0.1) is 0 Å². The van der Waals surface area contributed by atoms with Gasteiger partial charge in [0, 0.05) is 19.3 Å². The van der Waals surface area contributed by atoms with Crippen molar-refractivity contribution in [3.63, 3.8) is 0 Å². The maximum Gasteiger partial charge on any atom is 0.306 e. The van der Waals surface area contributed by atoms with Gasteiger partial charge in [0.1, 0.15) is 13.2 Å². The van der Waals surface area contributed by atoms with Crippen molar-refractivity contribution in [1.82, 2.24) is 0 Å². The number of esters is 3. The molecule has 450 valence electrons. The summed E-state index contributed by atoms with van der Waals surface area (Å²) in [6.45, 7) is 6.55. The molecular weight excluding hydrogens is 961 g/mol. The quantitative estimate of drug-likeness (QED) is 0.0261. The fraction of sp³-hybridized carbons (Fsp3) is 0.764. The molecule has 0 N–H and O–H groups in total. The summed E-state index contributed by atoms with van der Waals surface area (Å²) in [6.07, 6.45) is 87.3. The molecule has 6 nitrogen and oxygen atoms in total. The zero-order chi connectivity index (χ0) is 56.4. The third-order valence-electron chi connectivity index (χ3n) is 14.6. The molecule has 0 bridgehead atoms. The Morgan fingerprint density at radius 1 is 0.269 bits per heavy atom. The van der Waals surface area contributed by atoms with Gasteiger partial charge in [0.05, 0.1) is 0 Å². The Labute approximate surface area is 484 Å². The molecule has 0 spiro atoms. The van der Waals surface area contributed by atoms with Crippen molar-refractivity contribution in [1.29, 1.82) is 0 Å². The van der Waals surface area contributed by atoms with Crippen molar-refractivity contribution in [2.75, 3.05) is 13.2 Å². The van der Waals surface area contributed by atoms with Crippen LogP contribution in [-0.2, 0) is 28.6 Å². The Bertz CT molecular complexity index is 1480. The zero-order valence-corrected chi connectivity index (χ0v) is 51.7. The summed E-state index contributed by atoms with van der Waals surface area (Å²) in [5.41, 5.74) is 0. The second-order valence-corrected chi connectivity index (χ2v) is 22.4. The monoisotopic (exact) mass is 1090 g/mol. The van der Waals surface area contributed by atoms with Crippen LogP contribution in [0.3, 0.4) is 0 Å². The summed E-state index contributed by atoms with van der Waals surface area (Å²) in [7, 11) is 0. The number of hydrogen-bond acceptors (Lipinski definition) is 6. The molecule has 6 heteroatoms. The van der Waals surface area contributed by atoms with Gasteiger partial charge in [0.2, 0.25) is 0 Å². The Hall–Kier alpha value is -3.41.